The summed E-state index contributed by atoms with van der Waals surface area (Å²) >= 11 is 5.82. The molecule has 12 heteroatoms. The van der Waals surface area contributed by atoms with Crippen LogP contribution in [-0.2, 0) is 12.7 Å². The van der Waals surface area contributed by atoms with Gasteiger partial charge in [0, 0.05) is 25.0 Å². The zero-order chi connectivity index (χ0) is 28.0. The van der Waals surface area contributed by atoms with E-state index in [1.165, 1.54) is 0 Å². The Kier molecular flexibility index (Phi) is 6.61. The maximum Gasteiger partial charge on any atom is 0.434 e. The molecule has 1 amide bonds. The normalized spacial score (nSPS) is 17.9. The number of benzene rings is 1. The van der Waals surface area contributed by atoms with Crippen molar-refractivity contribution in [2.45, 2.75) is 44.4 Å². The minimum absolute atomic E-state index is 0.0448. The van der Waals surface area contributed by atoms with E-state index in [2.05, 4.69) is 15.3 Å². The van der Waals surface area contributed by atoms with Gasteiger partial charge in [0.25, 0.3) is 5.91 Å². The number of rotatable bonds is 5. The first-order chi connectivity index (χ1) is 19.2. The lowest BCUT2D eigenvalue weighted by molar-refractivity contribution is -0.141. The van der Waals surface area contributed by atoms with Gasteiger partial charge in [0.2, 0.25) is 0 Å². The van der Waals surface area contributed by atoms with Gasteiger partial charge in [0.05, 0.1) is 45.3 Å². The van der Waals surface area contributed by atoms with Gasteiger partial charge in [-0.25, -0.2) is 14.8 Å². The van der Waals surface area contributed by atoms with Gasteiger partial charge in [-0.1, -0.05) is 23.7 Å². The van der Waals surface area contributed by atoms with E-state index in [1.54, 1.807) is 21.7 Å². The standard InChI is InChI=1S/C28H24ClF3N6O2/c29-18-11-22(25(34-13-18)28(30,31)32)26(39)35-19-7-5-17(6-8-19)15-37-23-3-1-2-4-24(23)38(27(37)40)20-9-10-36-16-33-14-21(36)12-20/h1-4,9-14,16-17,19H,5-8,15H2,(H,35,39)/t17-,19-. The fourth-order valence-electron chi connectivity index (χ4n) is 5.53. The van der Waals surface area contributed by atoms with E-state index < -0.39 is 23.3 Å². The number of hydrogen-bond donors (Lipinski definition) is 1. The largest absolute Gasteiger partial charge is 0.434 e. The van der Waals surface area contributed by atoms with Gasteiger partial charge in [0.1, 0.15) is 0 Å². The second kappa shape index (κ2) is 10.1. The lowest BCUT2D eigenvalue weighted by Gasteiger charge is -2.29. The van der Waals surface area contributed by atoms with Crippen LogP contribution in [0.25, 0.3) is 22.2 Å². The molecule has 0 radical (unpaired) electrons. The summed E-state index contributed by atoms with van der Waals surface area (Å²) in [7, 11) is 0. The summed E-state index contributed by atoms with van der Waals surface area (Å²) in [6.45, 7) is 0.498. The third-order valence-corrected chi connectivity index (χ3v) is 7.69. The Morgan fingerprint density at radius 1 is 1.05 bits per heavy atom. The molecule has 40 heavy (non-hydrogen) atoms. The molecule has 5 aromatic rings. The van der Waals surface area contributed by atoms with Gasteiger partial charge >= 0.3 is 11.9 Å². The SMILES string of the molecule is O=C(N[C@H]1CC[C@H](Cn2c(=O)n(-c3ccn4cncc4c3)c3ccccc32)CC1)c1cc(Cl)cnc1C(F)(F)F. The molecule has 8 nitrogen and oxygen atoms in total. The van der Waals surface area contributed by atoms with E-state index in [0.29, 0.717) is 32.2 Å². The first-order valence-corrected chi connectivity index (χ1v) is 13.2. The number of carbonyl (C=O) groups excluding carboxylic acids is 1. The molecule has 1 aromatic carbocycles. The van der Waals surface area contributed by atoms with Crippen LogP contribution < -0.4 is 11.0 Å². The van der Waals surface area contributed by atoms with E-state index in [1.807, 2.05) is 47.0 Å². The van der Waals surface area contributed by atoms with Crippen molar-refractivity contribution < 1.29 is 18.0 Å². The van der Waals surface area contributed by atoms with Gasteiger partial charge in [-0.15, -0.1) is 0 Å². The molecular formula is C28H24ClF3N6O2. The average Bonchev–Trinajstić information content (AvgIpc) is 3.51. The number of fused-ring (bicyclic) bond motifs is 2. The van der Waals surface area contributed by atoms with Crippen molar-refractivity contribution in [1.29, 1.82) is 0 Å². The Balaban J connectivity index is 1.18. The molecule has 0 unspecified atom stereocenters. The van der Waals surface area contributed by atoms with Gasteiger partial charge in [-0.05, 0) is 61.9 Å². The zero-order valence-electron chi connectivity index (χ0n) is 21.1. The molecule has 0 atom stereocenters. The number of hydrogen-bond acceptors (Lipinski definition) is 4. The van der Waals surface area contributed by atoms with Crippen molar-refractivity contribution in [2.75, 3.05) is 0 Å². The summed E-state index contributed by atoms with van der Waals surface area (Å²) in [6.07, 6.45) is 3.98. The summed E-state index contributed by atoms with van der Waals surface area (Å²) in [4.78, 5) is 33.9. The van der Waals surface area contributed by atoms with Crippen LogP contribution in [0.3, 0.4) is 0 Å². The maximum absolute atomic E-state index is 13.7. The smallest absolute Gasteiger partial charge is 0.349 e. The highest BCUT2D eigenvalue weighted by molar-refractivity contribution is 6.30. The van der Waals surface area contributed by atoms with Gasteiger partial charge in [0.15, 0.2) is 5.69 Å². The molecule has 1 fully saturated rings. The zero-order valence-corrected chi connectivity index (χ0v) is 21.9. The minimum atomic E-state index is -4.77. The number of halogens is 4. The Hall–Kier alpha value is -4.12. The molecule has 1 aliphatic rings. The Morgan fingerprint density at radius 2 is 1.80 bits per heavy atom. The predicted octanol–water partition coefficient (Wildman–Crippen LogP) is 5.50. The summed E-state index contributed by atoms with van der Waals surface area (Å²) in [6, 6.07) is 12.1. The second-order valence-corrected chi connectivity index (χ2v) is 10.5. The second-order valence-electron chi connectivity index (χ2n) is 10.1. The third kappa shape index (κ3) is 4.85. The maximum atomic E-state index is 13.7. The van der Waals surface area contributed by atoms with Gasteiger partial charge in [-0.3, -0.25) is 13.9 Å². The molecule has 0 spiro atoms. The number of alkyl halides is 3. The average molecular weight is 569 g/mol. The summed E-state index contributed by atoms with van der Waals surface area (Å²) in [5.41, 5.74) is 1.25. The van der Waals surface area contributed by atoms with E-state index in [0.717, 1.165) is 34.5 Å². The number of aromatic nitrogens is 5. The van der Waals surface area contributed by atoms with Crippen LogP contribution in [0.5, 0.6) is 0 Å². The lowest BCUT2D eigenvalue weighted by atomic mass is 9.85. The fraction of sp³-hybridized carbons (Fsp3) is 0.286. The predicted molar refractivity (Wildman–Crippen MR) is 144 cm³/mol. The monoisotopic (exact) mass is 568 g/mol. The van der Waals surface area contributed by atoms with Crippen LogP contribution in [0, 0.1) is 5.92 Å². The summed E-state index contributed by atoms with van der Waals surface area (Å²) in [5, 5.41) is 2.68. The van der Waals surface area contributed by atoms with Gasteiger partial charge < -0.3 is 9.72 Å². The first-order valence-electron chi connectivity index (χ1n) is 12.8. The Bertz CT molecular complexity index is 1780. The van der Waals surface area contributed by atoms with E-state index in [-0.39, 0.29) is 22.7 Å². The summed E-state index contributed by atoms with van der Waals surface area (Å²) in [5.74, 6) is -0.679. The number of nitrogens with one attached hydrogen (secondary N) is 1. The highest BCUT2D eigenvalue weighted by atomic mass is 35.5. The number of imidazole rings is 2. The van der Waals surface area contributed by atoms with Crippen LogP contribution in [0.2, 0.25) is 5.02 Å². The Morgan fingerprint density at radius 3 is 2.55 bits per heavy atom. The third-order valence-electron chi connectivity index (χ3n) is 7.48. The van der Waals surface area contributed by atoms with E-state index in [4.69, 9.17) is 11.6 Å². The summed E-state index contributed by atoms with van der Waals surface area (Å²) < 4.78 is 45.5. The number of carbonyl (C=O) groups is 1. The molecule has 6 rings (SSSR count). The molecule has 0 saturated heterocycles. The molecule has 1 saturated carbocycles. The number of amides is 1. The van der Waals surface area contributed by atoms with Crippen LogP contribution >= 0.6 is 11.6 Å². The van der Waals surface area contributed by atoms with Crippen molar-refractivity contribution in [3.05, 3.63) is 94.1 Å². The molecule has 1 aliphatic carbocycles. The van der Waals surface area contributed by atoms with Crippen molar-refractivity contribution in [2.24, 2.45) is 5.92 Å². The number of pyridine rings is 2. The molecule has 1 N–H and O–H groups in total. The van der Waals surface area contributed by atoms with Crippen LogP contribution in [-0.4, -0.2) is 35.5 Å². The molecule has 0 bridgehead atoms. The molecule has 4 aromatic heterocycles. The number of nitrogens with zero attached hydrogens (tertiary/aromatic N) is 5. The van der Waals surface area contributed by atoms with Crippen molar-refractivity contribution >= 4 is 34.1 Å². The first kappa shape index (κ1) is 26.1. The quantitative estimate of drug-likeness (QED) is 0.303. The van der Waals surface area contributed by atoms with E-state index >= 15 is 0 Å². The van der Waals surface area contributed by atoms with Crippen molar-refractivity contribution in [3.63, 3.8) is 0 Å². The van der Waals surface area contributed by atoms with Crippen molar-refractivity contribution in [1.82, 2.24) is 28.8 Å². The number of para-hydroxylation sites is 2. The lowest BCUT2D eigenvalue weighted by Crippen LogP contribution is -2.39. The fourth-order valence-corrected chi connectivity index (χ4v) is 5.69. The van der Waals surface area contributed by atoms with Crippen LogP contribution in [0.4, 0.5) is 13.2 Å². The highest BCUT2D eigenvalue weighted by Crippen LogP contribution is 2.32. The Labute approximate surface area is 231 Å². The van der Waals surface area contributed by atoms with Gasteiger partial charge in [-0.2, -0.15) is 13.2 Å². The molecular weight excluding hydrogens is 545 g/mol. The van der Waals surface area contributed by atoms with Crippen LogP contribution in [0.15, 0.2) is 72.2 Å². The molecule has 206 valence electrons. The molecule has 0 aliphatic heterocycles. The molecule has 4 heterocycles. The minimum Gasteiger partial charge on any atom is -0.349 e. The highest BCUT2D eigenvalue weighted by Gasteiger charge is 2.38. The van der Waals surface area contributed by atoms with Crippen molar-refractivity contribution in [3.8, 4) is 5.69 Å². The van der Waals surface area contributed by atoms with E-state index in [9.17, 15) is 22.8 Å². The topological polar surface area (TPSA) is 86.2 Å². The van der Waals surface area contributed by atoms with Crippen LogP contribution in [0.1, 0.15) is 41.7 Å².